The lowest BCUT2D eigenvalue weighted by Gasteiger charge is -2.12. The van der Waals surface area contributed by atoms with Crippen LogP contribution < -0.4 is 0 Å². The van der Waals surface area contributed by atoms with Gasteiger partial charge in [0, 0.05) is 42.4 Å². The second kappa shape index (κ2) is 9.17. The van der Waals surface area contributed by atoms with Gasteiger partial charge in [-0.15, -0.1) is 11.3 Å². The third-order valence-electron chi connectivity index (χ3n) is 8.60. The zero-order valence-corrected chi connectivity index (χ0v) is 23.6. The number of hydrogen-bond donors (Lipinski definition) is 0. The van der Waals surface area contributed by atoms with E-state index in [0.717, 1.165) is 0 Å². The fraction of sp³-hybridized carbons (Fsp3) is 0. The van der Waals surface area contributed by atoms with Crippen LogP contribution >= 0.6 is 11.3 Å². The standard InChI is InChI=1S/C40H25NS/c1-2-12-27(13-3-1)39-37(38-33-18-6-4-14-29(33)30-15-5-7-19-34(30)40(38)42-39)26-22-24-28(25-23-26)41-35-20-10-8-16-31(35)32-17-9-11-21-36(32)41/h1-25H. The average molecular weight is 552 g/mol. The maximum atomic E-state index is 2.39. The summed E-state index contributed by atoms with van der Waals surface area (Å²) in [5.74, 6) is 0. The largest absolute Gasteiger partial charge is 0.309 e. The monoisotopic (exact) mass is 551 g/mol. The summed E-state index contributed by atoms with van der Waals surface area (Å²) in [6.45, 7) is 0. The molecule has 42 heavy (non-hydrogen) atoms. The van der Waals surface area contributed by atoms with E-state index in [1.807, 2.05) is 11.3 Å². The smallest absolute Gasteiger partial charge is 0.0541 e. The van der Waals surface area contributed by atoms with Gasteiger partial charge in [-0.3, -0.25) is 0 Å². The first-order valence-corrected chi connectivity index (χ1v) is 15.2. The van der Waals surface area contributed by atoms with Crippen molar-refractivity contribution in [1.29, 1.82) is 0 Å². The molecule has 2 heteroatoms. The van der Waals surface area contributed by atoms with Crippen LogP contribution in [0.15, 0.2) is 152 Å². The highest BCUT2D eigenvalue weighted by atomic mass is 32.1. The Morgan fingerprint density at radius 1 is 0.381 bits per heavy atom. The molecule has 7 aromatic carbocycles. The Balaban J connectivity index is 1.35. The number of para-hydroxylation sites is 2. The molecular formula is C40H25NS. The highest BCUT2D eigenvalue weighted by Gasteiger charge is 2.21. The number of nitrogens with zero attached hydrogens (tertiary/aromatic N) is 1. The van der Waals surface area contributed by atoms with Crippen molar-refractivity contribution >= 4 is 64.8 Å². The van der Waals surface area contributed by atoms with Crippen molar-refractivity contribution in [2.75, 3.05) is 0 Å². The van der Waals surface area contributed by atoms with E-state index < -0.39 is 0 Å². The molecule has 0 fully saturated rings. The molecule has 9 rings (SSSR count). The van der Waals surface area contributed by atoms with E-state index in [9.17, 15) is 0 Å². The molecule has 0 aliphatic heterocycles. The zero-order valence-electron chi connectivity index (χ0n) is 22.8. The molecule has 0 amide bonds. The van der Waals surface area contributed by atoms with Crippen molar-refractivity contribution in [2.45, 2.75) is 0 Å². The molecular weight excluding hydrogens is 527 g/mol. The van der Waals surface area contributed by atoms with E-state index in [4.69, 9.17) is 0 Å². The zero-order chi connectivity index (χ0) is 27.6. The molecule has 0 saturated carbocycles. The quantitative estimate of drug-likeness (QED) is 0.192. The molecule has 2 heterocycles. The van der Waals surface area contributed by atoms with Crippen LogP contribution in [0, 0.1) is 0 Å². The Kier molecular flexibility index (Phi) is 5.13. The average Bonchev–Trinajstić information content (AvgIpc) is 3.63. The molecule has 0 saturated heterocycles. The topological polar surface area (TPSA) is 4.93 Å². The molecule has 2 aromatic heterocycles. The number of benzene rings is 7. The third-order valence-corrected chi connectivity index (χ3v) is 9.87. The fourth-order valence-corrected chi connectivity index (χ4v) is 8.16. The van der Waals surface area contributed by atoms with Crippen molar-refractivity contribution in [3.05, 3.63) is 152 Å². The summed E-state index contributed by atoms with van der Waals surface area (Å²) in [7, 11) is 0. The second-order valence-electron chi connectivity index (χ2n) is 10.9. The first-order chi connectivity index (χ1) is 20.9. The predicted molar refractivity (Wildman–Crippen MR) is 182 cm³/mol. The van der Waals surface area contributed by atoms with Crippen molar-refractivity contribution in [1.82, 2.24) is 4.57 Å². The summed E-state index contributed by atoms with van der Waals surface area (Å²) in [5, 5.41) is 9.16. The molecule has 0 spiro atoms. The predicted octanol–water partition coefficient (Wildman–Crippen LogP) is 11.6. The van der Waals surface area contributed by atoms with Crippen LogP contribution in [0.4, 0.5) is 0 Å². The lowest BCUT2D eigenvalue weighted by molar-refractivity contribution is 1.18. The minimum Gasteiger partial charge on any atom is -0.309 e. The van der Waals surface area contributed by atoms with Crippen molar-refractivity contribution in [3.63, 3.8) is 0 Å². The first kappa shape index (κ1) is 23.5. The van der Waals surface area contributed by atoms with Gasteiger partial charge in [0.25, 0.3) is 0 Å². The van der Waals surface area contributed by atoms with Gasteiger partial charge in [0.1, 0.15) is 0 Å². The van der Waals surface area contributed by atoms with E-state index in [0.29, 0.717) is 0 Å². The second-order valence-corrected chi connectivity index (χ2v) is 11.9. The van der Waals surface area contributed by atoms with Crippen molar-refractivity contribution in [2.24, 2.45) is 0 Å². The summed E-state index contributed by atoms with van der Waals surface area (Å²) >= 11 is 1.92. The molecule has 196 valence electrons. The first-order valence-electron chi connectivity index (χ1n) is 14.4. The number of fused-ring (bicyclic) bond motifs is 9. The van der Waals surface area contributed by atoms with Crippen LogP contribution in [0.3, 0.4) is 0 Å². The fourth-order valence-electron chi connectivity index (χ4n) is 6.78. The molecule has 0 aliphatic rings. The van der Waals surface area contributed by atoms with E-state index in [-0.39, 0.29) is 0 Å². The lowest BCUT2D eigenvalue weighted by atomic mass is 9.92. The molecule has 0 atom stereocenters. The molecule has 0 aliphatic carbocycles. The van der Waals surface area contributed by atoms with Crippen LogP contribution in [-0.4, -0.2) is 4.57 Å². The SMILES string of the molecule is c1ccc(-c2sc3c4ccccc4c4ccccc4c3c2-c2ccc(-n3c4ccccc4c4ccccc43)cc2)cc1. The Labute approximate surface area is 247 Å². The highest BCUT2D eigenvalue weighted by molar-refractivity contribution is 7.24. The van der Waals surface area contributed by atoms with Crippen molar-refractivity contribution < 1.29 is 0 Å². The van der Waals surface area contributed by atoms with Gasteiger partial charge in [0.2, 0.25) is 0 Å². The minimum absolute atomic E-state index is 1.17. The van der Waals surface area contributed by atoms with Gasteiger partial charge in [-0.25, -0.2) is 0 Å². The highest BCUT2D eigenvalue weighted by Crippen LogP contribution is 2.50. The minimum atomic E-state index is 1.17. The number of aromatic nitrogens is 1. The Morgan fingerprint density at radius 3 is 1.52 bits per heavy atom. The number of rotatable bonds is 3. The Morgan fingerprint density at radius 2 is 0.881 bits per heavy atom. The molecule has 0 radical (unpaired) electrons. The van der Waals surface area contributed by atoms with E-state index in [1.165, 1.54) is 80.7 Å². The van der Waals surface area contributed by atoms with Crippen LogP contribution in [0.1, 0.15) is 0 Å². The van der Waals surface area contributed by atoms with E-state index in [2.05, 4.69) is 156 Å². The lowest BCUT2D eigenvalue weighted by Crippen LogP contribution is -1.93. The molecule has 0 N–H and O–H groups in total. The summed E-state index contributed by atoms with van der Waals surface area (Å²) in [5.41, 5.74) is 7.45. The summed E-state index contributed by atoms with van der Waals surface area (Å²) in [6, 6.07) is 55.2. The normalized spacial score (nSPS) is 11.8. The number of thiophene rings is 1. The van der Waals surface area contributed by atoms with Gasteiger partial charge in [0.05, 0.1) is 11.0 Å². The summed E-state index contributed by atoms with van der Waals surface area (Å²) in [6.07, 6.45) is 0. The van der Waals surface area contributed by atoms with Crippen molar-refractivity contribution in [3.8, 4) is 27.3 Å². The van der Waals surface area contributed by atoms with Gasteiger partial charge in [-0.2, -0.15) is 0 Å². The Bertz CT molecular complexity index is 2390. The van der Waals surface area contributed by atoms with Crippen LogP contribution in [0.5, 0.6) is 0 Å². The third kappa shape index (κ3) is 3.36. The van der Waals surface area contributed by atoms with Gasteiger partial charge in [0.15, 0.2) is 0 Å². The maximum Gasteiger partial charge on any atom is 0.0541 e. The molecule has 1 nitrogen and oxygen atoms in total. The molecule has 0 unspecified atom stereocenters. The summed E-state index contributed by atoms with van der Waals surface area (Å²) in [4.78, 5) is 1.32. The maximum absolute atomic E-state index is 2.39. The number of hydrogen-bond acceptors (Lipinski definition) is 1. The van der Waals surface area contributed by atoms with Gasteiger partial charge >= 0.3 is 0 Å². The van der Waals surface area contributed by atoms with Crippen LogP contribution in [0.2, 0.25) is 0 Å². The molecule has 9 aromatic rings. The van der Waals surface area contributed by atoms with Gasteiger partial charge < -0.3 is 4.57 Å². The Hall–Kier alpha value is -5.18. The van der Waals surface area contributed by atoms with Gasteiger partial charge in [-0.1, -0.05) is 127 Å². The van der Waals surface area contributed by atoms with Crippen LogP contribution in [0.25, 0.3) is 80.7 Å². The van der Waals surface area contributed by atoms with Crippen LogP contribution in [-0.2, 0) is 0 Å². The molecule has 0 bridgehead atoms. The summed E-state index contributed by atoms with van der Waals surface area (Å²) < 4.78 is 3.74. The van der Waals surface area contributed by atoms with Gasteiger partial charge in [-0.05, 0) is 51.6 Å². The van der Waals surface area contributed by atoms with E-state index in [1.54, 1.807) is 0 Å². The van der Waals surface area contributed by atoms with E-state index >= 15 is 0 Å².